The maximum absolute atomic E-state index is 10.9. The Balaban J connectivity index is 2.21. The quantitative estimate of drug-likeness (QED) is 0.396. The van der Waals surface area contributed by atoms with Crippen molar-refractivity contribution in [1.82, 2.24) is 4.98 Å². The minimum atomic E-state index is -3.96. The number of rotatable bonds is 8. The maximum atomic E-state index is 10.9. The van der Waals surface area contributed by atoms with Crippen molar-refractivity contribution in [3.05, 3.63) is 45.5 Å². The van der Waals surface area contributed by atoms with E-state index in [2.05, 4.69) is 47.1 Å². The zero-order chi connectivity index (χ0) is 19.2. The van der Waals surface area contributed by atoms with Crippen molar-refractivity contribution in [3.8, 4) is 0 Å². The van der Waals surface area contributed by atoms with E-state index in [1.54, 1.807) is 6.20 Å². The molecule has 0 radical (unpaired) electrons. The molecule has 2 rings (SSSR count). The minimum Gasteiger partial charge on any atom is -0.370 e. The van der Waals surface area contributed by atoms with Crippen LogP contribution in [0, 0.1) is 0 Å². The van der Waals surface area contributed by atoms with Crippen LogP contribution in [0.4, 0.5) is 17.2 Å². The SMILES string of the molecule is CCN(CCCS(=O)(=O)O)c1ccccc1N=Nc1ncc(Br)cc1Br. The number of nitrogens with zero attached hydrogens (tertiary/aromatic N) is 4. The van der Waals surface area contributed by atoms with Gasteiger partial charge in [-0.25, -0.2) is 4.98 Å². The molecule has 0 unspecified atom stereocenters. The topological polar surface area (TPSA) is 95.2 Å². The minimum absolute atomic E-state index is 0.275. The van der Waals surface area contributed by atoms with Gasteiger partial charge in [0.15, 0.2) is 5.82 Å². The third kappa shape index (κ3) is 6.42. The molecule has 0 aliphatic carbocycles. The second-order valence-electron chi connectivity index (χ2n) is 5.37. The van der Waals surface area contributed by atoms with E-state index in [9.17, 15) is 8.42 Å². The van der Waals surface area contributed by atoms with Crippen molar-refractivity contribution in [2.45, 2.75) is 13.3 Å². The molecule has 0 amide bonds. The normalized spacial score (nSPS) is 11.8. The van der Waals surface area contributed by atoms with E-state index in [0.29, 0.717) is 35.5 Å². The molecule has 0 fully saturated rings. The first-order chi connectivity index (χ1) is 12.3. The van der Waals surface area contributed by atoms with Gasteiger partial charge in [-0.1, -0.05) is 12.1 Å². The van der Waals surface area contributed by atoms with E-state index in [1.165, 1.54) is 0 Å². The lowest BCUT2D eigenvalue weighted by atomic mass is 10.2. The molecule has 7 nitrogen and oxygen atoms in total. The highest BCUT2D eigenvalue weighted by molar-refractivity contribution is 9.11. The van der Waals surface area contributed by atoms with Crippen LogP contribution in [0.15, 0.2) is 55.7 Å². The number of hydrogen-bond acceptors (Lipinski definition) is 6. The lowest BCUT2D eigenvalue weighted by molar-refractivity contribution is 0.481. The van der Waals surface area contributed by atoms with Crippen molar-refractivity contribution in [2.24, 2.45) is 10.2 Å². The molecule has 1 heterocycles. The Morgan fingerprint density at radius 1 is 1.23 bits per heavy atom. The fourth-order valence-electron chi connectivity index (χ4n) is 2.29. The van der Waals surface area contributed by atoms with Crippen LogP contribution in [0.25, 0.3) is 0 Å². The Bertz CT molecular complexity index is 891. The molecule has 0 atom stereocenters. The van der Waals surface area contributed by atoms with Crippen molar-refractivity contribution < 1.29 is 13.0 Å². The van der Waals surface area contributed by atoms with Gasteiger partial charge >= 0.3 is 0 Å². The highest BCUT2D eigenvalue weighted by atomic mass is 79.9. The van der Waals surface area contributed by atoms with Gasteiger partial charge in [0.25, 0.3) is 10.1 Å². The highest BCUT2D eigenvalue weighted by Gasteiger charge is 2.12. The Morgan fingerprint density at radius 3 is 2.62 bits per heavy atom. The van der Waals surface area contributed by atoms with Crippen molar-refractivity contribution in [1.29, 1.82) is 0 Å². The van der Waals surface area contributed by atoms with Crippen molar-refractivity contribution in [3.63, 3.8) is 0 Å². The second kappa shape index (κ2) is 9.54. The number of aromatic nitrogens is 1. The number of azo groups is 1. The number of hydrogen-bond donors (Lipinski definition) is 1. The molecule has 2 aromatic rings. The zero-order valence-electron chi connectivity index (χ0n) is 14.0. The predicted molar refractivity (Wildman–Crippen MR) is 109 cm³/mol. The summed E-state index contributed by atoms with van der Waals surface area (Å²) in [4.78, 5) is 6.19. The van der Waals surface area contributed by atoms with E-state index < -0.39 is 10.1 Å². The van der Waals surface area contributed by atoms with Gasteiger partial charge in [-0.2, -0.15) is 8.42 Å². The summed E-state index contributed by atoms with van der Waals surface area (Å²) >= 11 is 6.74. The van der Waals surface area contributed by atoms with Crippen LogP contribution in [-0.4, -0.2) is 36.8 Å². The first kappa shape index (κ1) is 20.9. The third-order valence-electron chi connectivity index (χ3n) is 3.48. The number of halogens is 2. The second-order valence-corrected chi connectivity index (χ2v) is 8.71. The van der Waals surface area contributed by atoms with Crippen LogP contribution < -0.4 is 4.90 Å². The van der Waals surface area contributed by atoms with E-state index in [4.69, 9.17) is 4.55 Å². The van der Waals surface area contributed by atoms with Crippen LogP contribution in [0.5, 0.6) is 0 Å². The molecule has 10 heteroatoms. The van der Waals surface area contributed by atoms with Crippen LogP contribution in [0.2, 0.25) is 0 Å². The number of benzene rings is 1. The average Bonchev–Trinajstić information content (AvgIpc) is 2.57. The molecule has 1 aromatic carbocycles. The fraction of sp³-hybridized carbons (Fsp3) is 0.312. The molecule has 0 spiro atoms. The van der Waals surface area contributed by atoms with E-state index >= 15 is 0 Å². The molecule has 0 aliphatic rings. The molecule has 26 heavy (non-hydrogen) atoms. The summed E-state index contributed by atoms with van der Waals surface area (Å²) in [5, 5.41) is 8.50. The smallest absolute Gasteiger partial charge is 0.264 e. The van der Waals surface area contributed by atoms with Gasteiger partial charge in [-0.3, -0.25) is 4.55 Å². The molecule has 0 aliphatic heterocycles. The van der Waals surface area contributed by atoms with Gasteiger partial charge in [-0.15, -0.1) is 10.2 Å². The zero-order valence-corrected chi connectivity index (χ0v) is 18.0. The van der Waals surface area contributed by atoms with Crippen LogP contribution in [0.3, 0.4) is 0 Å². The molecular weight excluding hydrogens is 488 g/mol. The van der Waals surface area contributed by atoms with Gasteiger partial charge in [0, 0.05) is 23.8 Å². The lowest BCUT2D eigenvalue weighted by Gasteiger charge is -2.24. The summed E-state index contributed by atoms with van der Waals surface area (Å²) in [6.07, 6.45) is 1.96. The number of para-hydroxylation sites is 1. The van der Waals surface area contributed by atoms with E-state index in [1.807, 2.05) is 42.2 Å². The molecule has 1 N–H and O–H groups in total. The largest absolute Gasteiger partial charge is 0.370 e. The van der Waals surface area contributed by atoms with Crippen molar-refractivity contribution in [2.75, 3.05) is 23.7 Å². The van der Waals surface area contributed by atoms with Crippen LogP contribution in [0.1, 0.15) is 13.3 Å². The average molecular weight is 506 g/mol. The third-order valence-corrected chi connectivity index (χ3v) is 5.30. The molecule has 0 saturated carbocycles. The summed E-state index contributed by atoms with van der Waals surface area (Å²) in [6, 6.07) is 9.30. The standard InChI is InChI=1S/C16H18Br2N4O3S/c1-2-22(8-5-9-26(23,24)25)15-7-4-3-6-14(15)20-21-16-13(18)10-12(17)11-19-16/h3-4,6-7,10-11H,2,5,8-9H2,1H3,(H,23,24,25). The molecule has 0 saturated heterocycles. The van der Waals surface area contributed by atoms with Crippen LogP contribution >= 0.6 is 31.9 Å². The Hall–Kier alpha value is -1.36. The predicted octanol–water partition coefficient (Wildman–Crippen LogP) is 5.13. The summed E-state index contributed by atoms with van der Waals surface area (Å²) in [5.74, 6) is 0.181. The summed E-state index contributed by atoms with van der Waals surface area (Å²) in [7, 11) is -3.96. The highest BCUT2D eigenvalue weighted by Crippen LogP contribution is 2.32. The molecular formula is C16H18Br2N4O3S. The van der Waals surface area contributed by atoms with Gasteiger partial charge in [0.2, 0.25) is 0 Å². The van der Waals surface area contributed by atoms with E-state index in [0.717, 1.165) is 10.2 Å². The molecule has 140 valence electrons. The first-order valence-electron chi connectivity index (χ1n) is 7.82. The summed E-state index contributed by atoms with van der Waals surface area (Å²) < 4.78 is 32.3. The maximum Gasteiger partial charge on any atom is 0.264 e. The fourth-order valence-corrected chi connectivity index (χ4v) is 3.85. The number of pyridine rings is 1. The summed E-state index contributed by atoms with van der Waals surface area (Å²) in [6.45, 7) is 3.11. The van der Waals surface area contributed by atoms with Gasteiger partial charge in [-0.05, 0) is 63.4 Å². The Morgan fingerprint density at radius 2 is 1.96 bits per heavy atom. The number of anilines is 1. The molecule has 1 aromatic heterocycles. The van der Waals surface area contributed by atoms with Gasteiger partial charge in [0.05, 0.1) is 15.9 Å². The Labute approximate surface area is 169 Å². The van der Waals surface area contributed by atoms with Crippen LogP contribution in [-0.2, 0) is 10.1 Å². The van der Waals surface area contributed by atoms with Gasteiger partial charge < -0.3 is 4.90 Å². The first-order valence-corrected chi connectivity index (χ1v) is 11.0. The summed E-state index contributed by atoms with van der Waals surface area (Å²) in [5.41, 5.74) is 1.49. The monoisotopic (exact) mass is 504 g/mol. The Kier molecular flexibility index (Phi) is 7.69. The van der Waals surface area contributed by atoms with E-state index in [-0.39, 0.29) is 5.75 Å². The lowest BCUT2D eigenvalue weighted by Crippen LogP contribution is -2.25. The van der Waals surface area contributed by atoms with Gasteiger partial charge in [0.1, 0.15) is 5.69 Å². The van der Waals surface area contributed by atoms with Crippen molar-refractivity contribution >= 4 is 59.2 Å². The molecule has 0 bridgehead atoms.